The molecular formula is C16H22N4O. The Morgan fingerprint density at radius 3 is 2.67 bits per heavy atom. The highest BCUT2D eigenvalue weighted by molar-refractivity contribution is 5.90. The Balaban J connectivity index is 1.85. The first kappa shape index (κ1) is 14.1. The van der Waals surface area contributed by atoms with Gasteiger partial charge in [0.1, 0.15) is 5.82 Å². The van der Waals surface area contributed by atoms with Crippen LogP contribution < -0.4 is 10.6 Å². The van der Waals surface area contributed by atoms with Gasteiger partial charge in [-0.15, -0.1) is 0 Å². The van der Waals surface area contributed by atoms with Crippen LogP contribution >= 0.6 is 0 Å². The fraction of sp³-hybridized carbons (Fsp3) is 0.500. The molecule has 2 aromatic rings. The van der Waals surface area contributed by atoms with E-state index in [1.807, 2.05) is 31.3 Å². The number of hydrogen-bond acceptors (Lipinski definition) is 5. The van der Waals surface area contributed by atoms with Gasteiger partial charge in [0.15, 0.2) is 0 Å². The lowest BCUT2D eigenvalue weighted by molar-refractivity contribution is 0.0167. The van der Waals surface area contributed by atoms with Crippen molar-refractivity contribution in [1.29, 1.82) is 0 Å². The highest BCUT2D eigenvalue weighted by atomic mass is 16.3. The number of aromatic nitrogens is 2. The Bertz CT molecular complexity index is 623. The number of fused-ring (bicyclic) bond motifs is 1. The zero-order valence-corrected chi connectivity index (χ0v) is 12.4. The maximum Gasteiger partial charge on any atom is 0.224 e. The predicted octanol–water partition coefficient (Wildman–Crippen LogP) is 2.78. The summed E-state index contributed by atoms with van der Waals surface area (Å²) in [4.78, 5) is 8.93. The van der Waals surface area contributed by atoms with Crippen molar-refractivity contribution in [3.05, 3.63) is 24.3 Å². The van der Waals surface area contributed by atoms with E-state index in [1.54, 1.807) is 0 Å². The number of nitrogens with one attached hydrogen (secondary N) is 2. The van der Waals surface area contributed by atoms with Crippen molar-refractivity contribution in [3.63, 3.8) is 0 Å². The lowest BCUT2D eigenvalue weighted by Crippen LogP contribution is -2.39. The molecule has 1 fully saturated rings. The van der Waals surface area contributed by atoms with Crippen molar-refractivity contribution in [3.8, 4) is 0 Å². The van der Waals surface area contributed by atoms with E-state index in [0.29, 0.717) is 12.5 Å². The van der Waals surface area contributed by atoms with E-state index in [1.165, 1.54) is 6.42 Å². The third kappa shape index (κ3) is 3.08. The zero-order chi connectivity index (χ0) is 14.7. The van der Waals surface area contributed by atoms with Crippen molar-refractivity contribution in [1.82, 2.24) is 9.97 Å². The average molecular weight is 286 g/mol. The van der Waals surface area contributed by atoms with Gasteiger partial charge in [-0.05, 0) is 25.0 Å². The minimum atomic E-state index is -0.607. The molecular weight excluding hydrogens is 264 g/mol. The molecule has 1 aromatic carbocycles. The quantitative estimate of drug-likeness (QED) is 0.806. The lowest BCUT2D eigenvalue weighted by Gasteiger charge is -2.32. The topological polar surface area (TPSA) is 70.1 Å². The maximum atomic E-state index is 10.6. The van der Waals surface area contributed by atoms with Crippen LogP contribution in [0.25, 0.3) is 10.9 Å². The van der Waals surface area contributed by atoms with Crippen molar-refractivity contribution in [2.75, 3.05) is 24.2 Å². The van der Waals surface area contributed by atoms with Gasteiger partial charge in [-0.1, -0.05) is 31.4 Å². The van der Waals surface area contributed by atoms with Crippen LogP contribution in [0.5, 0.6) is 0 Å². The predicted molar refractivity (Wildman–Crippen MR) is 85.6 cm³/mol. The normalized spacial score (nSPS) is 17.6. The average Bonchev–Trinajstić information content (AvgIpc) is 2.53. The van der Waals surface area contributed by atoms with Crippen LogP contribution in [-0.4, -0.2) is 34.3 Å². The van der Waals surface area contributed by atoms with E-state index in [0.717, 1.165) is 42.4 Å². The van der Waals surface area contributed by atoms with Gasteiger partial charge in [0.05, 0.1) is 11.1 Å². The maximum absolute atomic E-state index is 10.6. The highest BCUT2D eigenvalue weighted by Crippen LogP contribution is 2.29. The molecule has 0 bridgehead atoms. The summed E-state index contributed by atoms with van der Waals surface area (Å²) in [6.07, 6.45) is 5.15. The van der Waals surface area contributed by atoms with Crippen molar-refractivity contribution in [2.45, 2.75) is 37.7 Å². The number of rotatable bonds is 4. The molecule has 3 N–H and O–H groups in total. The molecule has 0 atom stereocenters. The number of hydrogen-bond donors (Lipinski definition) is 3. The first-order valence-electron chi connectivity index (χ1n) is 7.61. The van der Waals surface area contributed by atoms with Gasteiger partial charge in [0.2, 0.25) is 5.95 Å². The third-order valence-corrected chi connectivity index (χ3v) is 4.20. The fourth-order valence-corrected chi connectivity index (χ4v) is 2.96. The monoisotopic (exact) mass is 286 g/mol. The Morgan fingerprint density at radius 2 is 1.90 bits per heavy atom. The molecule has 0 saturated heterocycles. The summed E-state index contributed by atoms with van der Waals surface area (Å²) in [6, 6.07) is 7.92. The molecule has 0 spiro atoms. The first-order valence-corrected chi connectivity index (χ1v) is 7.61. The van der Waals surface area contributed by atoms with Crippen molar-refractivity contribution in [2.24, 2.45) is 0 Å². The lowest BCUT2D eigenvalue weighted by atomic mass is 9.85. The Hall–Kier alpha value is -1.88. The Labute approximate surface area is 124 Å². The highest BCUT2D eigenvalue weighted by Gasteiger charge is 2.29. The number of nitrogens with zero attached hydrogens (tertiary/aromatic N) is 2. The van der Waals surface area contributed by atoms with E-state index in [-0.39, 0.29) is 0 Å². The number of benzene rings is 1. The smallest absolute Gasteiger partial charge is 0.224 e. The Kier molecular flexibility index (Phi) is 3.92. The Morgan fingerprint density at radius 1 is 1.14 bits per heavy atom. The number of para-hydroxylation sites is 1. The summed E-state index contributed by atoms with van der Waals surface area (Å²) in [7, 11) is 1.81. The first-order chi connectivity index (χ1) is 10.2. The van der Waals surface area contributed by atoms with Gasteiger partial charge in [0, 0.05) is 19.0 Å². The van der Waals surface area contributed by atoms with E-state index in [2.05, 4.69) is 20.6 Å². The summed E-state index contributed by atoms with van der Waals surface area (Å²) >= 11 is 0. The standard InChI is InChI=1S/C16H22N4O/c1-17-15-19-13-8-4-3-7-12(13)14(20-15)18-11-16(21)9-5-2-6-10-16/h3-4,7-8,21H,2,5-6,9-11H2,1H3,(H2,17,18,19,20). The second-order valence-electron chi connectivity index (χ2n) is 5.80. The van der Waals surface area contributed by atoms with E-state index < -0.39 is 5.60 Å². The van der Waals surface area contributed by atoms with E-state index in [9.17, 15) is 5.11 Å². The summed E-state index contributed by atoms with van der Waals surface area (Å²) in [5, 5.41) is 17.9. The molecule has 1 heterocycles. The van der Waals surface area contributed by atoms with Crippen LogP contribution in [0.4, 0.5) is 11.8 Å². The van der Waals surface area contributed by atoms with Crippen LogP contribution in [0.1, 0.15) is 32.1 Å². The molecule has 0 unspecified atom stereocenters. The van der Waals surface area contributed by atoms with Gasteiger partial charge < -0.3 is 15.7 Å². The van der Waals surface area contributed by atoms with Crippen molar-refractivity contribution < 1.29 is 5.11 Å². The molecule has 0 amide bonds. The molecule has 5 heteroatoms. The van der Waals surface area contributed by atoms with Crippen LogP contribution in [0.2, 0.25) is 0 Å². The second kappa shape index (κ2) is 5.85. The molecule has 1 aliphatic rings. The minimum absolute atomic E-state index is 0.539. The third-order valence-electron chi connectivity index (χ3n) is 4.20. The minimum Gasteiger partial charge on any atom is -0.388 e. The zero-order valence-electron chi connectivity index (χ0n) is 12.4. The molecule has 1 aliphatic carbocycles. The van der Waals surface area contributed by atoms with Crippen LogP contribution in [0.15, 0.2) is 24.3 Å². The fourth-order valence-electron chi connectivity index (χ4n) is 2.96. The van der Waals surface area contributed by atoms with Gasteiger partial charge in [-0.3, -0.25) is 0 Å². The van der Waals surface area contributed by atoms with Crippen LogP contribution in [0.3, 0.4) is 0 Å². The molecule has 5 nitrogen and oxygen atoms in total. The van der Waals surface area contributed by atoms with Gasteiger partial charge in [-0.2, -0.15) is 4.98 Å². The van der Waals surface area contributed by atoms with E-state index in [4.69, 9.17) is 0 Å². The number of aliphatic hydroxyl groups is 1. The molecule has 21 heavy (non-hydrogen) atoms. The molecule has 112 valence electrons. The summed E-state index contributed by atoms with van der Waals surface area (Å²) in [5.41, 5.74) is 0.291. The molecule has 1 aromatic heterocycles. The second-order valence-corrected chi connectivity index (χ2v) is 5.80. The SMILES string of the molecule is CNc1nc(NCC2(O)CCCCC2)c2ccccc2n1. The van der Waals surface area contributed by atoms with E-state index >= 15 is 0 Å². The van der Waals surface area contributed by atoms with Crippen LogP contribution in [-0.2, 0) is 0 Å². The summed E-state index contributed by atoms with van der Waals surface area (Å²) < 4.78 is 0. The van der Waals surface area contributed by atoms with Crippen molar-refractivity contribution >= 4 is 22.7 Å². The number of anilines is 2. The molecule has 3 rings (SSSR count). The molecule has 1 saturated carbocycles. The van der Waals surface area contributed by atoms with Crippen LogP contribution in [0, 0.1) is 0 Å². The van der Waals surface area contributed by atoms with Gasteiger partial charge >= 0.3 is 0 Å². The summed E-state index contributed by atoms with van der Waals surface area (Å²) in [5.74, 6) is 1.37. The summed E-state index contributed by atoms with van der Waals surface area (Å²) in [6.45, 7) is 0.539. The molecule has 0 aliphatic heterocycles. The largest absolute Gasteiger partial charge is 0.388 e. The molecule has 0 radical (unpaired) electrons. The van der Waals surface area contributed by atoms with Gasteiger partial charge in [0.25, 0.3) is 0 Å². The van der Waals surface area contributed by atoms with Gasteiger partial charge in [-0.25, -0.2) is 4.98 Å².